The van der Waals surface area contributed by atoms with Gasteiger partial charge >= 0.3 is 0 Å². The minimum Gasteiger partial charge on any atom is -0.494 e. The summed E-state index contributed by atoms with van der Waals surface area (Å²) in [6, 6.07) is 23.1. The fourth-order valence-corrected chi connectivity index (χ4v) is 6.08. The molecular weight excluding hydrogens is 568 g/mol. The predicted octanol–water partition coefficient (Wildman–Crippen LogP) is 4.85. The number of rotatable bonds is 13. The van der Waals surface area contributed by atoms with Crippen LogP contribution in [0.3, 0.4) is 0 Å². The molecule has 0 atom stereocenters. The molecule has 0 aliphatic heterocycles. The van der Waals surface area contributed by atoms with Gasteiger partial charge in [0.1, 0.15) is 5.75 Å². The number of methoxy groups -OCH3 is 2. The van der Waals surface area contributed by atoms with Crippen molar-refractivity contribution in [2.75, 3.05) is 27.4 Å². The largest absolute Gasteiger partial charge is 0.494 e. The Kier molecular flexibility index (Phi) is 10.2. The monoisotopic (exact) mass is 604 g/mol. The molecular formula is C32H36N4O6S. The summed E-state index contributed by atoms with van der Waals surface area (Å²) in [5, 5.41) is 4.14. The van der Waals surface area contributed by atoms with Gasteiger partial charge in [-0.25, -0.2) is 13.8 Å². The molecule has 0 unspecified atom stereocenters. The number of benzene rings is 3. The number of aromatic nitrogens is 1. The van der Waals surface area contributed by atoms with Gasteiger partial charge in [-0.15, -0.1) is 0 Å². The average molecular weight is 605 g/mol. The van der Waals surface area contributed by atoms with Gasteiger partial charge in [0.05, 0.1) is 38.5 Å². The molecule has 0 fully saturated rings. The third-order valence-corrected chi connectivity index (χ3v) is 8.57. The summed E-state index contributed by atoms with van der Waals surface area (Å²) in [4.78, 5) is 13.0. The van der Waals surface area contributed by atoms with Crippen LogP contribution >= 0.6 is 0 Å². The van der Waals surface area contributed by atoms with Crippen molar-refractivity contribution in [2.45, 2.75) is 32.2 Å². The second-order valence-corrected chi connectivity index (χ2v) is 11.6. The molecule has 226 valence electrons. The molecule has 1 heterocycles. The van der Waals surface area contributed by atoms with Crippen LogP contribution in [0, 0.1) is 13.8 Å². The summed E-state index contributed by atoms with van der Waals surface area (Å²) < 4.78 is 46.7. The van der Waals surface area contributed by atoms with E-state index in [1.165, 1.54) is 32.4 Å². The summed E-state index contributed by atoms with van der Waals surface area (Å²) in [7, 11) is -1.21. The highest BCUT2D eigenvalue weighted by molar-refractivity contribution is 7.89. The molecule has 4 aromatic rings. The number of nitrogens with zero attached hydrogens (tertiary/aromatic N) is 3. The van der Waals surface area contributed by atoms with Gasteiger partial charge in [-0.3, -0.25) is 4.79 Å². The van der Waals surface area contributed by atoms with E-state index in [2.05, 4.69) is 15.1 Å². The number of hydrogen-bond acceptors (Lipinski definition) is 7. The van der Waals surface area contributed by atoms with Crippen LogP contribution in [0.15, 0.2) is 88.9 Å². The Bertz CT molecular complexity index is 1680. The lowest BCUT2D eigenvalue weighted by molar-refractivity contribution is -0.121. The number of aryl methyl sites for hydroxylation is 1. The molecule has 0 saturated carbocycles. The average Bonchev–Trinajstić information content (AvgIpc) is 3.29. The Morgan fingerprint density at radius 2 is 1.65 bits per heavy atom. The highest BCUT2D eigenvalue weighted by Crippen LogP contribution is 2.31. The third kappa shape index (κ3) is 7.43. The van der Waals surface area contributed by atoms with Crippen molar-refractivity contribution < 1.29 is 27.4 Å². The Balaban J connectivity index is 1.52. The third-order valence-electron chi connectivity index (χ3n) is 6.78. The quantitative estimate of drug-likeness (QED) is 0.173. The van der Waals surface area contributed by atoms with E-state index in [1.54, 1.807) is 18.3 Å². The second-order valence-electron chi connectivity index (χ2n) is 9.66. The first-order chi connectivity index (χ1) is 20.7. The number of hydrogen-bond donors (Lipinski definition) is 1. The molecule has 0 aliphatic carbocycles. The summed E-state index contributed by atoms with van der Waals surface area (Å²) in [6.45, 7) is 6.02. The van der Waals surface area contributed by atoms with Crippen LogP contribution in [-0.4, -0.2) is 56.8 Å². The molecule has 43 heavy (non-hydrogen) atoms. The topological polar surface area (TPSA) is 111 Å². The van der Waals surface area contributed by atoms with Gasteiger partial charge in [0.15, 0.2) is 11.5 Å². The van der Waals surface area contributed by atoms with Crippen LogP contribution in [0.5, 0.6) is 17.2 Å². The molecule has 0 radical (unpaired) electrons. The lowest BCUT2D eigenvalue weighted by atomic mass is 10.2. The van der Waals surface area contributed by atoms with E-state index in [0.717, 1.165) is 38.3 Å². The molecule has 1 amide bonds. The lowest BCUT2D eigenvalue weighted by Crippen LogP contribution is -2.39. The van der Waals surface area contributed by atoms with Gasteiger partial charge in [-0.2, -0.15) is 9.41 Å². The van der Waals surface area contributed by atoms with Crippen LogP contribution < -0.4 is 19.6 Å². The van der Waals surface area contributed by atoms with Gasteiger partial charge < -0.3 is 18.8 Å². The normalized spacial score (nSPS) is 11.6. The highest BCUT2D eigenvalue weighted by Gasteiger charge is 2.28. The van der Waals surface area contributed by atoms with Gasteiger partial charge in [-0.1, -0.05) is 30.3 Å². The van der Waals surface area contributed by atoms with Crippen LogP contribution in [0.1, 0.15) is 29.4 Å². The van der Waals surface area contributed by atoms with Crippen LogP contribution in [0.25, 0.3) is 5.69 Å². The maximum Gasteiger partial charge on any atom is 0.255 e. The molecule has 1 aromatic heterocycles. The van der Waals surface area contributed by atoms with Gasteiger partial charge in [0, 0.05) is 35.2 Å². The maximum atomic E-state index is 13.7. The summed E-state index contributed by atoms with van der Waals surface area (Å²) in [5.74, 6) is 0.870. The van der Waals surface area contributed by atoms with Crippen molar-refractivity contribution in [2.24, 2.45) is 5.10 Å². The SMILES string of the molecule is CCOc1ccc(-n2c(C)cc(/C=N/NC(=O)CN(Cc3ccccc3)S(=O)(=O)c3ccc(OC)c(OC)c3)c2C)cc1. The standard InChI is InChI=1S/C32H36N4O6S/c1-6-42-28-14-12-27(13-15-28)36-23(2)18-26(24(36)3)20-33-34-32(37)22-35(21-25-10-8-7-9-11-25)43(38,39)29-16-17-30(40-4)31(19-29)41-5/h7-20H,6,21-22H2,1-5H3,(H,34,37)/b33-20+. The summed E-state index contributed by atoms with van der Waals surface area (Å²) >= 11 is 0. The zero-order valence-corrected chi connectivity index (χ0v) is 25.7. The molecule has 4 rings (SSSR count). The molecule has 0 spiro atoms. The Morgan fingerprint density at radius 1 is 0.953 bits per heavy atom. The van der Waals surface area contributed by atoms with Crippen LogP contribution in [-0.2, 0) is 21.4 Å². The van der Waals surface area contributed by atoms with Crippen LogP contribution in [0.4, 0.5) is 0 Å². The Hall–Kier alpha value is -4.61. The number of ether oxygens (including phenoxy) is 3. The van der Waals surface area contributed by atoms with Crippen molar-refractivity contribution in [1.29, 1.82) is 0 Å². The fraction of sp³-hybridized carbons (Fsp3) is 0.250. The smallest absolute Gasteiger partial charge is 0.255 e. The van der Waals surface area contributed by atoms with E-state index in [1.807, 2.05) is 69.3 Å². The minimum atomic E-state index is -4.10. The van der Waals surface area contributed by atoms with E-state index in [0.29, 0.717) is 12.4 Å². The first-order valence-corrected chi connectivity index (χ1v) is 15.1. The first-order valence-electron chi connectivity index (χ1n) is 13.7. The van der Waals surface area contributed by atoms with Crippen molar-refractivity contribution in [3.8, 4) is 22.9 Å². The number of nitrogens with one attached hydrogen (secondary N) is 1. The first kappa shape index (κ1) is 31.3. The van der Waals surface area contributed by atoms with E-state index in [4.69, 9.17) is 14.2 Å². The highest BCUT2D eigenvalue weighted by atomic mass is 32.2. The molecule has 1 N–H and O–H groups in total. The molecule has 11 heteroatoms. The Morgan fingerprint density at radius 3 is 2.30 bits per heavy atom. The Labute approximate surface area is 252 Å². The van der Waals surface area contributed by atoms with Crippen molar-refractivity contribution in [3.05, 3.63) is 101 Å². The number of sulfonamides is 1. The molecule has 0 saturated heterocycles. The van der Waals surface area contributed by atoms with Crippen LogP contribution in [0.2, 0.25) is 0 Å². The zero-order valence-electron chi connectivity index (χ0n) is 24.9. The van der Waals surface area contributed by atoms with Gasteiger partial charge in [0.25, 0.3) is 5.91 Å². The second kappa shape index (κ2) is 14.0. The zero-order chi connectivity index (χ0) is 31.0. The van der Waals surface area contributed by atoms with E-state index in [-0.39, 0.29) is 17.2 Å². The number of carbonyl (C=O) groups is 1. The minimum absolute atomic E-state index is 0.0160. The van der Waals surface area contributed by atoms with Crippen molar-refractivity contribution in [1.82, 2.24) is 14.3 Å². The fourth-order valence-electron chi connectivity index (χ4n) is 4.68. The summed E-state index contributed by atoms with van der Waals surface area (Å²) in [5.41, 5.74) is 6.91. The van der Waals surface area contributed by atoms with Crippen molar-refractivity contribution in [3.63, 3.8) is 0 Å². The van der Waals surface area contributed by atoms with Crippen molar-refractivity contribution >= 4 is 22.1 Å². The summed E-state index contributed by atoms with van der Waals surface area (Å²) in [6.07, 6.45) is 1.55. The molecule has 3 aromatic carbocycles. The van der Waals surface area contributed by atoms with Gasteiger partial charge in [0.2, 0.25) is 10.0 Å². The number of amides is 1. The predicted molar refractivity (Wildman–Crippen MR) is 166 cm³/mol. The molecule has 0 aliphatic rings. The lowest BCUT2D eigenvalue weighted by Gasteiger charge is -2.22. The molecule has 10 nitrogen and oxygen atoms in total. The number of hydrazone groups is 1. The molecule has 0 bridgehead atoms. The van der Waals surface area contributed by atoms with E-state index >= 15 is 0 Å². The number of carbonyl (C=O) groups excluding carboxylic acids is 1. The van der Waals surface area contributed by atoms with E-state index in [9.17, 15) is 13.2 Å². The van der Waals surface area contributed by atoms with E-state index < -0.39 is 22.5 Å². The van der Waals surface area contributed by atoms with Gasteiger partial charge in [-0.05, 0) is 68.8 Å². The maximum absolute atomic E-state index is 13.7.